The fraction of sp³-hybridized carbons (Fsp3) is 0.250. The molecule has 5 rings (SSSR count). The topological polar surface area (TPSA) is 75.1 Å². The van der Waals surface area contributed by atoms with Crippen LogP contribution in [0, 0.1) is 0 Å². The molecule has 0 spiro atoms. The van der Waals surface area contributed by atoms with E-state index in [-0.39, 0.29) is 11.9 Å². The van der Waals surface area contributed by atoms with Gasteiger partial charge in [0.25, 0.3) is 0 Å². The largest absolute Gasteiger partial charge is 0.349 e. The lowest BCUT2D eigenvalue weighted by atomic mass is 9.88. The number of hydrogen-bond acceptors (Lipinski definition) is 4. The summed E-state index contributed by atoms with van der Waals surface area (Å²) in [5.74, 6) is 1.05. The molecule has 0 radical (unpaired) electrons. The number of carbonyl (C=O) groups is 1. The van der Waals surface area contributed by atoms with Crippen LogP contribution in [-0.4, -0.2) is 31.2 Å². The normalized spacial score (nSPS) is 16.5. The zero-order valence-corrected chi connectivity index (χ0v) is 15.5. The minimum absolute atomic E-state index is 0.0299. The van der Waals surface area contributed by atoms with Gasteiger partial charge in [-0.2, -0.15) is 0 Å². The molecular formula is C20H19N5OS. The summed E-state index contributed by atoms with van der Waals surface area (Å²) >= 11 is 1.42. The number of fused-ring (bicyclic) bond motifs is 4. The van der Waals surface area contributed by atoms with E-state index in [9.17, 15) is 4.79 Å². The smallest absolute Gasteiger partial charge is 0.231 e. The minimum Gasteiger partial charge on any atom is -0.349 e. The van der Waals surface area contributed by atoms with Crippen LogP contribution in [0.25, 0.3) is 16.8 Å². The van der Waals surface area contributed by atoms with Crippen molar-refractivity contribution < 1.29 is 4.79 Å². The zero-order valence-electron chi connectivity index (χ0n) is 14.7. The lowest BCUT2D eigenvalue weighted by Crippen LogP contribution is -2.32. The van der Waals surface area contributed by atoms with Gasteiger partial charge in [0.2, 0.25) is 11.7 Å². The molecule has 0 bridgehead atoms. The van der Waals surface area contributed by atoms with Crippen molar-refractivity contribution in [2.45, 2.75) is 30.5 Å². The highest BCUT2D eigenvalue weighted by Gasteiger charge is 2.22. The predicted molar refractivity (Wildman–Crippen MR) is 106 cm³/mol. The van der Waals surface area contributed by atoms with Gasteiger partial charge < -0.3 is 5.32 Å². The Morgan fingerprint density at radius 2 is 2.07 bits per heavy atom. The summed E-state index contributed by atoms with van der Waals surface area (Å²) in [7, 11) is 0. The molecule has 1 amide bonds. The summed E-state index contributed by atoms with van der Waals surface area (Å²) in [5.41, 5.74) is 4.51. The van der Waals surface area contributed by atoms with Crippen LogP contribution in [0.3, 0.4) is 0 Å². The van der Waals surface area contributed by atoms with Crippen LogP contribution in [-0.2, 0) is 11.2 Å². The Bertz CT molecular complexity index is 1130. The number of amides is 1. The lowest BCUT2D eigenvalue weighted by Gasteiger charge is -2.26. The van der Waals surface area contributed by atoms with Gasteiger partial charge >= 0.3 is 0 Å². The van der Waals surface area contributed by atoms with Gasteiger partial charge in [-0.15, -0.1) is 5.10 Å². The number of aromatic nitrogens is 4. The fourth-order valence-electron chi connectivity index (χ4n) is 3.81. The molecule has 2 aromatic carbocycles. The highest BCUT2D eigenvalue weighted by Crippen LogP contribution is 2.29. The molecule has 0 saturated heterocycles. The van der Waals surface area contributed by atoms with Crippen LogP contribution in [0.4, 0.5) is 0 Å². The van der Waals surface area contributed by atoms with Crippen LogP contribution in [0.2, 0.25) is 0 Å². The first-order valence-corrected chi connectivity index (χ1v) is 10.1. The van der Waals surface area contributed by atoms with Gasteiger partial charge in [-0.3, -0.25) is 9.20 Å². The Morgan fingerprint density at radius 3 is 3.04 bits per heavy atom. The second-order valence-electron chi connectivity index (χ2n) is 6.77. The first kappa shape index (κ1) is 16.4. The number of rotatable bonds is 4. The number of benzene rings is 2. The van der Waals surface area contributed by atoms with Crippen molar-refractivity contribution in [3.63, 3.8) is 0 Å². The van der Waals surface area contributed by atoms with E-state index in [0.29, 0.717) is 11.5 Å². The summed E-state index contributed by atoms with van der Waals surface area (Å²) in [6.07, 6.45) is 3.19. The van der Waals surface area contributed by atoms with Gasteiger partial charge in [0, 0.05) is 0 Å². The maximum absolute atomic E-state index is 12.6. The molecule has 27 heavy (non-hydrogen) atoms. The van der Waals surface area contributed by atoms with Crippen LogP contribution in [0.5, 0.6) is 0 Å². The SMILES string of the molecule is O=C(CSc1n[nH]c2nc3ccccc3n12)N[C@H]1CCCc2ccccc21. The maximum atomic E-state index is 12.6. The summed E-state index contributed by atoms with van der Waals surface area (Å²) < 4.78 is 1.96. The maximum Gasteiger partial charge on any atom is 0.231 e. The number of carbonyl (C=O) groups excluding carboxylic acids is 1. The molecule has 0 unspecified atom stereocenters. The molecular weight excluding hydrogens is 358 g/mol. The van der Waals surface area contributed by atoms with Crippen LogP contribution < -0.4 is 5.32 Å². The van der Waals surface area contributed by atoms with Crippen molar-refractivity contribution in [2.75, 3.05) is 5.75 Å². The van der Waals surface area contributed by atoms with E-state index in [1.165, 1.54) is 22.9 Å². The highest BCUT2D eigenvalue weighted by molar-refractivity contribution is 7.99. The molecule has 2 aromatic heterocycles. The molecule has 1 atom stereocenters. The van der Waals surface area contributed by atoms with Gasteiger partial charge in [0.05, 0.1) is 22.8 Å². The first-order chi connectivity index (χ1) is 13.3. The number of aryl methyl sites for hydroxylation is 1. The van der Waals surface area contributed by atoms with Crippen LogP contribution in [0.15, 0.2) is 53.7 Å². The molecule has 1 aliphatic rings. The van der Waals surface area contributed by atoms with Gasteiger partial charge in [-0.25, -0.2) is 10.1 Å². The zero-order chi connectivity index (χ0) is 18.2. The molecule has 2 N–H and O–H groups in total. The molecule has 4 aromatic rings. The van der Waals surface area contributed by atoms with E-state index in [4.69, 9.17) is 0 Å². The highest BCUT2D eigenvalue weighted by atomic mass is 32.2. The minimum atomic E-state index is 0.0299. The van der Waals surface area contributed by atoms with Crippen molar-refractivity contribution in [1.29, 1.82) is 0 Å². The number of para-hydroxylation sites is 2. The summed E-state index contributed by atoms with van der Waals surface area (Å²) in [6.45, 7) is 0. The van der Waals surface area contributed by atoms with E-state index in [1.807, 2.05) is 34.7 Å². The Balaban J connectivity index is 1.31. The number of hydrogen-bond donors (Lipinski definition) is 2. The Labute approximate surface area is 160 Å². The van der Waals surface area contributed by atoms with Gasteiger partial charge in [0.15, 0.2) is 5.16 Å². The van der Waals surface area contributed by atoms with Gasteiger partial charge in [-0.1, -0.05) is 48.2 Å². The van der Waals surface area contributed by atoms with E-state index >= 15 is 0 Å². The second kappa shape index (κ2) is 6.74. The molecule has 0 fully saturated rings. The van der Waals surface area contributed by atoms with Crippen LogP contribution in [0.1, 0.15) is 30.0 Å². The van der Waals surface area contributed by atoms with Gasteiger partial charge in [-0.05, 0) is 42.5 Å². The average Bonchev–Trinajstić information content (AvgIpc) is 3.26. The molecule has 136 valence electrons. The van der Waals surface area contributed by atoms with Crippen molar-refractivity contribution in [3.05, 3.63) is 59.7 Å². The summed E-state index contributed by atoms with van der Waals surface area (Å²) in [5, 5.41) is 11.2. The van der Waals surface area contributed by atoms with Gasteiger partial charge in [0.1, 0.15) is 0 Å². The monoisotopic (exact) mass is 377 g/mol. The first-order valence-electron chi connectivity index (χ1n) is 9.11. The number of imidazole rings is 1. The Hall–Kier alpha value is -2.80. The number of nitrogens with one attached hydrogen (secondary N) is 2. The third kappa shape index (κ3) is 2.98. The Kier molecular flexibility index (Phi) is 4.09. The standard InChI is InChI=1S/C20H19N5OS/c26-18(21-15-10-5-7-13-6-1-2-8-14(13)15)12-27-20-24-23-19-22-16-9-3-4-11-17(16)25(19)20/h1-4,6,8-9,11,15H,5,7,10,12H2,(H,21,26)(H,22,23)/t15-/m0/s1. The molecule has 2 heterocycles. The third-order valence-electron chi connectivity index (χ3n) is 5.04. The van der Waals surface area contributed by atoms with E-state index < -0.39 is 0 Å². The quantitative estimate of drug-likeness (QED) is 0.534. The molecule has 0 aliphatic heterocycles. The number of aromatic amines is 1. The average molecular weight is 377 g/mol. The summed E-state index contributed by atoms with van der Waals surface area (Å²) in [6, 6.07) is 16.4. The Morgan fingerprint density at radius 1 is 1.22 bits per heavy atom. The van der Waals surface area contributed by atoms with E-state index in [2.05, 4.69) is 38.7 Å². The molecule has 1 aliphatic carbocycles. The van der Waals surface area contributed by atoms with E-state index in [0.717, 1.165) is 35.5 Å². The lowest BCUT2D eigenvalue weighted by molar-refractivity contribution is -0.119. The molecule has 6 nitrogen and oxygen atoms in total. The van der Waals surface area contributed by atoms with Crippen molar-refractivity contribution in [3.8, 4) is 0 Å². The van der Waals surface area contributed by atoms with Crippen molar-refractivity contribution in [1.82, 2.24) is 24.9 Å². The second-order valence-corrected chi connectivity index (χ2v) is 7.71. The van der Waals surface area contributed by atoms with E-state index in [1.54, 1.807) is 0 Å². The van der Waals surface area contributed by atoms with Crippen molar-refractivity contribution in [2.24, 2.45) is 0 Å². The molecule has 0 saturated carbocycles. The summed E-state index contributed by atoms with van der Waals surface area (Å²) in [4.78, 5) is 17.1. The predicted octanol–water partition coefficient (Wildman–Crippen LogP) is 3.50. The number of nitrogens with zero attached hydrogens (tertiary/aromatic N) is 3. The third-order valence-corrected chi connectivity index (χ3v) is 5.98. The molecule has 7 heteroatoms. The van der Waals surface area contributed by atoms with Crippen molar-refractivity contribution >= 4 is 34.5 Å². The number of thioether (sulfide) groups is 1. The number of H-pyrrole nitrogens is 1. The fourth-order valence-corrected chi connectivity index (χ4v) is 4.58. The van der Waals surface area contributed by atoms with Crippen LogP contribution >= 0.6 is 11.8 Å².